The molecule has 4 rings (SSSR count). The highest BCUT2D eigenvalue weighted by Crippen LogP contribution is 2.44. The summed E-state index contributed by atoms with van der Waals surface area (Å²) in [7, 11) is 0. The van der Waals surface area contributed by atoms with Crippen molar-refractivity contribution in [3.8, 4) is 11.1 Å². The van der Waals surface area contributed by atoms with E-state index < -0.39 is 23.4 Å². The van der Waals surface area contributed by atoms with E-state index in [4.69, 9.17) is 4.74 Å². The van der Waals surface area contributed by atoms with Gasteiger partial charge < -0.3 is 20.1 Å². The third-order valence-electron chi connectivity index (χ3n) is 6.29. The van der Waals surface area contributed by atoms with Gasteiger partial charge in [0.05, 0.1) is 0 Å². The number of benzene rings is 2. The molecule has 2 N–H and O–H groups in total. The molecule has 0 radical (unpaired) electrons. The highest BCUT2D eigenvalue weighted by atomic mass is 32.2. The van der Waals surface area contributed by atoms with Gasteiger partial charge >= 0.3 is 12.1 Å². The maximum atomic E-state index is 13.2. The number of carboxylic acid groups (broad SMARTS) is 1. The molecule has 2 amide bonds. The zero-order chi connectivity index (χ0) is 24.2. The normalized spacial score (nSPS) is 18.2. The number of hydrogen-bond acceptors (Lipinski definition) is 5. The summed E-state index contributed by atoms with van der Waals surface area (Å²) in [6.45, 7) is 4.73. The Hall–Kier alpha value is -3.00. The van der Waals surface area contributed by atoms with Crippen LogP contribution < -0.4 is 5.32 Å². The van der Waals surface area contributed by atoms with Gasteiger partial charge in [-0.05, 0) is 34.6 Å². The molecule has 0 spiro atoms. The first-order chi connectivity index (χ1) is 16.3. The van der Waals surface area contributed by atoms with Crippen LogP contribution in [0.3, 0.4) is 0 Å². The molecule has 1 fully saturated rings. The van der Waals surface area contributed by atoms with Crippen molar-refractivity contribution in [1.29, 1.82) is 0 Å². The van der Waals surface area contributed by atoms with Crippen LogP contribution in [-0.2, 0) is 14.3 Å². The van der Waals surface area contributed by atoms with Gasteiger partial charge in [0.25, 0.3) is 0 Å². The molecule has 0 saturated carbocycles. The summed E-state index contributed by atoms with van der Waals surface area (Å²) in [5.41, 5.74) is 4.54. The Balaban J connectivity index is 1.42. The Kier molecular flexibility index (Phi) is 7.46. The minimum Gasteiger partial charge on any atom is -0.480 e. The number of carbonyl (C=O) groups is 3. The van der Waals surface area contributed by atoms with Gasteiger partial charge in [-0.3, -0.25) is 9.59 Å². The first-order valence-corrected chi connectivity index (χ1v) is 12.6. The van der Waals surface area contributed by atoms with Crippen molar-refractivity contribution in [3.63, 3.8) is 0 Å². The molecule has 0 aromatic heterocycles. The molecule has 7 nitrogen and oxygen atoms in total. The number of carbonyl (C=O) groups excluding carboxylic acids is 2. The van der Waals surface area contributed by atoms with Crippen LogP contribution in [0.4, 0.5) is 4.79 Å². The topological polar surface area (TPSA) is 95.9 Å². The summed E-state index contributed by atoms with van der Waals surface area (Å²) < 4.78 is 5.63. The molecule has 8 heteroatoms. The third kappa shape index (κ3) is 5.22. The summed E-state index contributed by atoms with van der Waals surface area (Å²) in [6.07, 6.45) is -0.188. The zero-order valence-electron chi connectivity index (χ0n) is 19.4. The maximum Gasteiger partial charge on any atom is 0.407 e. The molecule has 34 heavy (non-hydrogen) atoms. The molecule has 1 unspecified atom stereocenters. The highest BCUT2D eigenvalue weighted by Gasteiger charge is 2.34. The molecule has 2 aromatic carbocycles. The Morgan fingerprint density at radius 2 is 1.71 bits per heavy atom. The van der Waals surface area contributed by atoms with Crippen molar-refractivity contribution in [3.05, 3.63) is 59.7 Å². The fraction of sp³-hybridized carbons (Fsp3) is 0.423. The number of nitrogens with zero attached hydrogens (tertiary/aromatic N) is 1. The van der Waals surface area contributed by atoms with Crippen molar-refractivity contribution in [2.24, 2.45) is 5.92 Å². The molecule has 1 aliphatic carbocycles. The molecular formula is C26H30N2O5S. The summed E-state index contributed by atoms with van der Waals surface area (Å²) in [5, 5.41) is 11.4. The second-order valence-electron chi connectivity index (χ2n) is 9.13. The third-order valence-corrected chi connectivity index (χ3v) is 7.47. The molecule has 1 aliphatic heterocycles. The lowest BCUT2D eigenvalue weighted by atomic mass is 9.98. The molecule has 2 aliphatic rings. The minimum absolute atomic E-state index is 0.0622. The van der Waals surface area contributed by atoms with Crippen LogP contribution in [0.15, 0.2) is 48.5 Å². The first kappa shape index (κ1) is 24.1. The predicted molar refractivity (Wildman–Crippen MR) is 132 cm³/mol. The number of carboxylic acids is 1. The van der Waals surface area contributed by atoms with Crippen molar-refractivity contribution < 1.29 is 24.2 Å². The van der Waals surface area contributed by atoms with E-state index in [-0.39, 0.29) is 30.9 Å². The van der Waals surface area contributed by atoms with Gasteiger partial charge in [0.15, 0.2) is 0 Å². The molecule has 2 aromatic rings. The molecular weight excluding hydrogens is 452 g/mol. The standard InChI is InChI=1S/C26H30N2O5S/c1-16(2)13-22(24(29)28-11-12-34-23(14-28)25(30)31)27-26(32)33-15-21-19-9-5-3-7-17(19)18-8-4-6-10-20(18)21/h3-10,16,21-23H,11-15H2,1-2H3,(H,27,32)(H,30,31)/t22-,23?/m0/s1. The zero-order valence-corrected chi connectivity index (χ0v) is 20.2. The predicted octanol–water partition coefficient (Wildman–Crippen LogP) is 3.97. The van der Waals surface area contributed by atoms with E-state index >= 15 is 0 Å². The highest BCUT2D eigenvalue weighted by molar-refractivity contribution is 8.00. The van der Waals surface area contributed by atoms with Crippen molar-refractivity contribution >= 4 is 29.7 Å². The fourth-order valence-corrected chi connectivity index (χ4v) is 5.73. The van der Waals surface area contributed by atoms with Crippen LogP contribution >= 0.6 is 11.8 Å². The van der Waals surface area contributed by atoms with Crippen molar-refractivity contribution in [2.75, 3.05) is 25.4 Å². The van der Waals surface area contributed by atoms with Crippen LogP contribution in [0.1, 0.15) is 37.3 Å². The van der Waals surface area contributed by atoms with Gasteiger partial charge in [-0.25, -0.2) is 4.79 Å². The van der Waals surface area contributed by atoms with E-state index in [0.29, 0.717) is 18.7 Å². The second kappa shape index (κ2) is 10.5. The van der Waals surface area contributed by atoms with Gasteiger partial charge in [0.2, 0.25) is 5.91 Å². The number of ether oxygens (including phenoxy) is 1. The van der Waals surface area contributed by atoms with E-state index in [1.807, 2.05) is 38.1 Å². The molecule has 0 bridgehead atoms. The lowest BCUT2D eigenvalue weighted by Crippen LogP contribution is -2.53. The van der Waals surface area contributed by atoms with Crippen molar-refractivity contribution in [1.82, 2.24) is 10.2 Å². The Morgan fingerprint density at radius 1 is 1.09 bits per heavy atom. The number of alkyl carbamates (subject to hydrolysis) is 1. The lowest BCUT2D eigenvalue weighted by molar-refractivity contribution is -0.138. The summed E-state index contributed by atoms with van der Waals surface area (Å²) in [4.78, 5) is 38.9. The van der Waals surface area contributed by atoms with Crippen LogP contribution in [0.2, 0.25) is 0 Å². The number of fused-ring (bicyclic) bond motifs is 3. The summed E-state index contributed by atoms with van der Waals surface area (Å²) in [5.74, 6) is -0.520. The van der Waals surface area contributed by atoms with Crippen molar-refractivity contribution in [2.45, 2.75) is 37.5 Å². The average molecular weight is 483 g/mol. The minimum atomic E-state index is -0.924. The number of hydrogen-bond donors (Lipinski definition) is 2. The number of thioether (sulfide) groups is 1. The van der Waals surface area contributed by atoms with E-state index in [2.05, 4.69) is 29.6 Å². The maximum absolute atomic E-state index is 13.2. The largest absolute Gasteiger partial charge is 0.480 e. The Morgan fingerprint density at radius 3 is 2.29 bits per heavy atom. The van der Waals surface area contributed by atoms with E-state index in [1.165, 1.54) is 11.8 Å². The van der Waals surface area contributed by atoms with Crippen LogP contribution in [-0.4, -0.2) is 64.7 Å². The Labute approximate surface area is 203 Å². The fourth-order valence-electron chi connectivity index (χ4n) is 4.69. The number of rotatable bonds is 7. The van der Waals surface area contributed by atoms with E-state index in [1.54, 1.807) is 4.90 Å². The van der Waals surface area contributed by atoms with Gasteiger partial charge in [-0.15, -0.1) is 11.8 Å². The molecule has 1 saturated heterocycles. The lowest BCUT2D eigenvalue weighted by Gasteiger charge is -2.33. The number of aliphatic carboxylic acids is 1. The monoisotopic (exact) mass is 482 g/mol. The number of amides is 2. The molecule has 180 valence electrons. The van der Waals surface area contributed by atoms with Crippen LogP contribution in [0.25, 0.3) is 11.1 Å². The quantitative estimate of drug-likeness (QED) is 0.620. The van der Waals surface area contributed by atoms with E-state index in [0.717, 1.165) is 22.3 Å². The summed E-state index contributed by atoms with van der Waals surface area (Å²) in [6, 6.07) is 15.5. The molecule has 2 atom stereocenters. The van der Waals surface area contributed by atoms with Gasteiger partial charge in [-0.2, -0.15) is 0 Å². The Bertz CT molecular complexity index is 1030. The van der Waals surface area contributed by atoms with Gasteiger partial charge in [0.1, 0.15) is 17.9 Å². The summed E-state index contributed by atoms with van der Waals surface area (Å²) >= 11 is 1.34. The molecule has 1 heterocycles. The average Bonchev–Trinajstić information content (AvgIpc) is 3.15. The van der Waals surface area contributed by atoms with Crippen LogP contribution in [0.5, 0.6) is 0 Å². The first-order valence-electron chi connectivity index (χ1n) is 11.6. The van der Waals surface area contributed by atoms with Gasteiger partial charge in [0, 0.05) is 24.8 Å². The van der Waals surface area contributed by atoms with Crippen LogP contribution in [0, 0.1) is 5.92 Å². The SMILES string of the molecule is CC(C)C[C@H](NC(=O)OCC1c2ccccc2-c2ccccc21)C(=O)N1CCSC(C(=O)O)C1. The van der Waals surface area contributed by atoms with E-state index in [9.17, 15) is 19.5 Å². The second-order valence-corrected chi connectivity index (χ2v) is 10.4. The van der Waals surface area contributed by atoms with Gasteiger partial charge in [-0.1, -0.05) is 62.4 Å². The smallest absolute Gasteiger partial charge is 0.407 e. The number of nitrogens with one attached hydrogen (secondary N) is 1.